The van der Waals surface area contributed by atoms with Gasteiger partial charge in [-0.3, -0.25) is 48.9 Å². The summed E-state index contributed by atoms with van der Waals surface area (Å²) in [5.74, 6) is -1.34. The number of nitrogens with zero attached hydrogens (tertiary/aromatic N) is 6. The number of rotatable bonds is 12. The van der Waals surface area contributed by atoms with Crippen LogP contribution in [-0.4, -0.2) is 123 Å². The van der Waals surface area contributed by atoms with E-state index in [1.54, 1.807) is 24.5 Å². The highest BCUT2D eigenvalue weighted by Crippen LogP contribution is 2.34. The molecule has 17 heteroatoms. The largest absolute Gasteiger partial charge is 0.492 e. The Balaban J connectivity index is 0.822. The minimum atomic E-state index is -1.00. The number of urea groups is 1. The van der Waals surface area contributed by atoms with Crippen LogP contribution in [0.2, 0.25) is 0 Å². The molecule has 2 saturated heterocycles. The van der Waals surface area contributed by atoms with Crippen LogP contribution >= 0.6 is 0 Å². The first-order valence-electron chi connectivity index (χ1n) is 19.7. The van der Waals surface area contributed by atoms with Crippen LogP contribution in [0.3, 0.4) is 0 Å². The predicted octanol–water partition coefficient (Wildman–Crippen LogP) is 3.71. The van der Waals surface area contributed by atoms with Crippen molar-refractivity contribution in [1.82, 2.24) is 39.8 Å². The van der Waals surface area contributed by atoms with E-state index >= 15 is 0 Å². The lowest BCUT2D eigenvalue weighted by atomic mass is 9.92. The Morgan fingerprint density at radius 2 is 1.69 bits per heavy atom. The number of fused-ring (bicyclic) bond motifs is 2. The second kappa shape index (κ2) is 16.0. The van der Waals surface area contributed by atoms with Crippen molar-refractivity contribution in [2.24, 2.45) is 5.73 Å². The number of piperazine rings is 1. The molecular formula is C42H47N11O6. The number of amides is 6. The van der Waals surface area contributed by atoms with Gasteiger partial charge < -0.3 is 21.1 Å². The van der Waals surface area contributed by atoms with Crippen LogP contribution in [-0.2, 0) is 15.0 Å². The average molecular weight is 802 g/mol. The van der Waals surface area contributed by atoms with E-state index in [2.05, 4.69) is 61.7 Å². The van der Waals surface area contributed by atoms with Crippen LogP contribution in [0.25, 0.3) is 28.0 Å². The third kappa shape index (κ3) is 8.11. The van der Waals surface area contributed by atoms with Crippen LogP contribution in [0.1, 0.15) is 60.0 Å². The van der Waals surface area contributed by atoms with E-state index in [4.69, 9.17) is 10.5 Å². The highest BCUT2D eigenvalue weighted by Gasteiger charge is 2.45. The Kier molecular flexibility index (Phi) is 10.6. The summed E-state index contributed by atoms with van der Waals surface area (Å²) < 4.78 is 8.15. The van der Waals surface area contributed by atoms with E-state index < -0.39 is 35.7 Å². The number of hydrogen-bond acceptors (Lipinski definition) is 11. The number of H-pyrrole nitrogens is 1. The standard InChI is InChI=1S/C42H47N11O6/c1-42(2,3)35-23-31(48-49-35)28-21-25(7-9-29(28)46-41(43)58)52-24-45-32-22-26(8-10-33(32)52)59-20-19-51-17-15-50(16-18-51)14-13-44-30-6-4-5-27-37(30)40(57)53(39(27)56)34-11-12-36(54)47-38(34)55/h4-10,21-24,34,44H,11-20H2,1-3H3,(H,48,49)(H3,43,46,58)(H,47,54,55). The normalized spacial score (nSPS) is 17.7. The number of carbonyl (C=O) groups excluding carboxylic acids is 5. The number of aromatic nitrogens is 4. The zero-order valence-corrected chi connectivity index (χ0v) is 33.2. The Morgan fingerprint density at radius 3 is 2.42 bits per heavy atom. The van der Waals surface area contributed by atoms with Gasteiger partial charge in [0.15, 0.2) is 0 Å². The second-order valence-corrected chi connectivity index (χ2v) is 16.0. The number of nitrogens with one attached hydrogen (secondary N) is 4. The first kappa shape index (κ1) is 39.2. The fourth-order valence-electron chi connectivity index (χ4n) is 7.81. The van der Waals surface area contributed by atoms with E-state index in [0.717, 1.165) is 77.9 Å². The van der Waals surface area contributed by atoms with Crippen molar-refractivity contribution >= 4 is 52.1 Å². The summed E-state index contributed by atoms with van der Waals surface area (Å²) in [6, 6.07) is 16.9. The van der Waals surface area contributed by atoms with E-state index in [9.17, 15) is 24.0 Å². The van der Waals surface area contributed by atoms with Crippen LogP contribution in [0.15, 0.2) is 67.0 Å². The molecule has 3 aliphatic rings. The molecule has 2 fully saturated rings. The smallest absolute Gasteiger partial charge is 0.316 e. The number of nitrogens with two attached hydrogens (primary N) is 1. The molecule has 3 aromatic carbocycles. The number of benzene rings is 3. The molecule has 0 spiro atoms. The van der Waals surface area contributed by atoms with Gasteiger partial charge in [0.2, 0.25) is 11.8 Å². The van der Waals surface area contributed by atoms with Crippen LogP contribution in [0.5, 0.6) is 5.75 Å². The summed E-state index contributed by atoms with van der Waals surface area (Å²) in [5, 5.41) is 15.9. The Morgan fingerprint density at radius 1 is 0.915 bits per heavy atom. The van der Waals surface area contributed by atoms with Crippen molar-refractivity contribution < 1.29 is 28.7 Å². The molecule has 6 amide bonds. The molecule has 0 radical (unpaired) electrons. The van der Waals surface area contributed by atoms with Gasteiger partial charge in [0.05, 0.1) is 33.5 Å². The molecule has 17 nitrogen and oxygen atoms in total. The summed E-state index contributed by atoms with van der Waals surface area (Å²) in [6.45, 7) is 12.4. The SMILES string of the molecule is CC(C)(C)c1cc(-c2cc(-n3cnc4cc(OCCN5CCN(CCNc6cccc7c6C(=O)N(C6CCC(=O)NC6=O)C7=O)CC5)ccc43)ccc2NC(N)=O)n[nH]1. The predicted molar refractivity (Wildman–Crippen MR) is 221 cm³/mol. The summed E-state index contributed by atoms with van der Waals surface area (Å²) in [4.78, 5) is 72.8. The molecule has 2 aromatic heterocycles. The van der Waals surface area contributed by atoms with Crippen molar-refractivity contribution in [2.75, 3.05) is 63.1 Å². The minimum absolute atomic E-state index is 0.0753. The molecular weight excluding hydrogens is 755 g/mol. The number of piperidine rings is 1. The summed E-state index contributed by atoms with van der Waals surface area (Å²) >= 11 is 0. The molecule has 306 valence electrons. The van der Waals surface area contributed by atoms with Gasteiger partial charge in [0, 0.05) is 86.3 Å². The lowest BCUT2D eigenvalue weighted by molar-refractivity contribution is -0.136. The van der Waals surface area contributed by atoms with Crippen molar-refractivity contribution in [3.8, 4) is 22.7 Å². The van der Waals surface area contributed by atoms with Crippen molar-refractivity contribution in [2.45, 2.75) is 45.1 Å². The summed E-state index contributed by atoms with van der Waals surface area (Å²) in [6.07, 6.45) is 1.95. The molecule has 0 saturated carbocycles. The maximum atomic E-state index is 13.4. The first-order valence-corrected chi connectivity index (χ1v) is 19.7. The number of imidazole rings is 1. The molecule has 5 aromatic rings. The van der Waals surface area contributed by atoms with Crippen molar-refractivity contribution in [1.29, 1.82) is 0 Å². The molecule has 0 bridgehead atoms. The fourth-order valence-corrected chi connectivity index (χ4v) is 7.81. The molecule has 5 heterocycles. The van der Waals surface area contributed by atoms with Crippen LogP contribution in [0.4, 0.5) is 16.2 Å². The van der Waals surface area contributed by atoms with Gasteiger partial charge in [-0.25, -0.2) is 9.78 Å². The van der Waals surface area contributed by atoms with Gasteiger partial charge in [-0.05, 0) is 55.0 Å². The van der Waals surface area contributed by atoms with Gasteiger partial charge in [-0.15, -0.1) is 0 Å². The number of imide groups is 2. The lowest BCUT2D eigenvalue weighted by Crippen LogP contribution is -2.54. The Hall–Kier alpha value is -6.59. The molecule has 59 heavy (non-hydrogen) atoms. The van der Waals surface area contributed by atoms with Gasteiger partial charge in [0.25, 0.3) is 11.8 Å². The Labute approximate surface area is 340 Å². The summed E-state index contributed by atoms with van der Waals surface area (Å²) in [5.41, 5.74) is 11.9. The van der Waals surface area contributed by atoms with Gasteiger partial charge >= 0.3 is 6.03 Å². The van der Waals surface area contributed by atoms with Crippen molar-refractivity contribution in [3.05, 3.63) is 83.8 Å². The number of ether oxygens (including phenoxy) is 1. The zero-order chi connectivity index (χ0) is 41.4. The third-order valence-electron chi connectivity index (χ3n) is 11.1. The van der Waals surface area contributed by atoms with Crippen LogP contribution in [0, 0.1) is 0 Å². The molecule has 3 aliphatic heterocycles. The van der Waals surface area contributed by atoms with E-state index in [1.807, 2.05) is 47.0 Å². The number of hydrogen-bond donors (Lipinski definition) is 5. The lowest BCUT2D eigenvalue weighted by Gasteiger charge is -2.34. The monoisotopic (exact) mass is 801 g/mol. The summed E-state index contributed by atoms with van der Waals surface area (Å²) in [7, 11) is 0. The highest BCUT2D eigenvalue weighted by molar-refractivity contribution is 6.25. The third-order valence-corrected chi connectivity index (χ3v) is 11.1. The molecule has 1 unspecified atom stereocenters. The van der Waals surface area contributed by atoms with E-state index in [0.29, 0.717) is 30.2 Å². The quantitative estimate of drug-likeness (QED) is 0.115. The molecule has 0 aliphatic carbocycles. The average Bonchev–Trinajstić information content (AvgIpc) is 3.93. The fraction of sp³-hybridized carbons (Fsp3) is 0.357. The maximum absolute atomic E-state index is 13.4. The number of anilines is 2. The van der Waals surface area contributed by atoms with Gasteiger partial charge in [0.1, 0.15) is 24.7 Å². The minimum Gasteiger partial charge on any atom is -0.492 e. The van der Waals surface area contributed by atoms with Gasteiger partial charge in [-0.1, -0.05) is 26.8 Å². The van der Waals surface area contributed by atoms with Crippen molar-refractivity contribution in [3.63, 3.8) is 0 Å². The zero-order valence-electron chi connectivity index (χ0n) is 33.2. The van der Waals surface area contributed by atoms with E-state index in [-0.39, 0.29) is 29.4 Å². The Bertz CT molecular complexity index is 2460. The highest BCUT2D eigenvalue weighted by atomic mass is 16.5. The molecule has 1 atom stereocenters. The van der Waals surface area contributed by atoms with E-state index in [1.165, 1.54) is 0 Å². The second-order valence-electron chi connectivity index (χ2n) is 16.0. The maximum Gasteiger partial charge on any atom is 0.316 e. The topological polar surface area (TPSA) is 213 Å². The molecule has 6 N–H and O–H groups in total. The van der Waals surface area contributed by atoms with Gasteiger partial charge in [-0.2, -0.15) is 5.10 Å². The number of carbonyl (C=O) groups is 5. The van der Waals surface area contributed by atoms with Crippen LogP contribution < -0.4 is 26.4 Å². The number of aromatic amines is 1. The molecule has 8 rings (SSSR count). The first-order chi connectivity index (χ1) is 28.3. The number of primary amides is 1.